The monoisotopic (exact) mass is 297 g/mol. The number of carboxylic acids is 1. The van der Waals surface area contributed by atoms with E-state index in [0.717, 1.165) is 18.0 Å². The molecule has 1 atom stereocenters. The van der Waals surface area contributed by atoms with Gasteiger partial charge < -0.3 is 10.0 Å². The average molecular weight is 297 g/mol. The molecule has 1 aliphatic heterocycles. The fourth-order valence-corrected chi connectivity index (χ4v) is 3.53. The summed E-state index contributed by atoms with van der Waals surface area (Å²) in [5.74, 6) is -1.07. The van der Waals surface area contributed by atoms with Crippen molar-refractivity contribution in [2.24, 2.45) is 0 Å². The molecule has 2 heterocycles. The summed E-state index contributed by atoms with van der Waals surface area (Å²) in [4.78, 5) is 26.3. The van der Waals surface area contributed by atoms with Gasteiger partial charge in [0.1, 0.15) is 10.4 Å². The molecular formula is C13H19N3O3S. The van der Waals surface area contributed by atoms with Gasteiger partial charge in [-0.1, -0.05) is 25.3 Å². The van der Waals surface area contributed by atoms with E-state index in [2.05, 4.69) is 9.59 Å². The van der Waals surface area contributed by atoms with Crippen molar-refractivity contribution in [3.05, 3.63) is 10.6 Å². The molecule has 110 valence electrons. The smallest absolute Gasteiger partial charge is 0.329 e. The topological polar surface area (TPSA) is 83.4 Å². The fourth-order valence-electron chi connectivity index (χ4n) is 2.76. The Balaban J connectivity index is 2.37. The second kappa shape index (κ2) is 5.47. The van der Waals surface area contributed by atoms with Crippen molar-refractivity contribution < 1.29 is 14.7 Å². The van der Waals surface area contributed by atoms with Gasteiger partial charge in [-0.3, -0.25) is 4.79 Å². The van der Waals surface area contributed by atoms with E-state index in [0.29, 0.717) is 30.0 Å². The maximum absolute atomic E-state index is 12.7. The Morgan fingerprint density at radius 3 is 2.75 bits per heavy atom. The first-order valence-corrected chi connectivity index (χ1v) is 7.59. The van der Waals surface area contributed by atoms with Crippen LogP contribution in [-0.4, -0.2) is 43.6 Å². The lowest BCUT2D eigenvalue weighted by molar-refractivity contribution is -0.148. The first-order chi connectivity index (χ1) is 9.44. The Morgan fingerprint density at radius 2 is 2.20 bits per heavy atom. The second-order valence-electron chi connectivity index (χ2n) is 5.39. The standard InChI is InChI=1S/C13H19N3O3S/c1-4-13(12(18)19)6-5-7-16(13)11(17)10-9(8(2)3)14-15-20-10/h8H,4-7H2,1-3H3,(H,18,19). The van der Waals surface area contributed by atoms with Crippen LogP contribution in [0.1, 0.15) is 61.3 Å². The number of hydrogen-bond acceptors (Lipinski definition) is 5. The quantitative estimate of drug-likeness (QED) is 0.920. The molecule has 6 nitrogen and oxygen atoms in total. The third-order valence-electron chi connectivity index (χ3n) is 3.97. The van der Waals surface area contributed by atoms with Gasteiger partial charge in [0.05, 0.1) is 5.69 Å². The van der Waals surface area contributed by atoms with Crippen LogP contribution in [0.15, 0.2) is 0 Å². The first kappa shape index (κ1) is 14.9. The molecule has 1 fully saturated rings. The summed E-state index contributed by atoms with van der Waals surface area (Å²) in [6, 6.07) is 0. The molecule has 2 rings (SSSR count). The first-order valence-electron chi connectivity index (χ1n) is 6.81. The van der Waals surface area contributed by atoms with Crippen LogP contribution < -0.4 is 0 Å². The molecule has 7 heteroatoms. The van der Waals surface area contributed by atoms with Crippen LogP contribution in [-0.2, 0) is 4.79 Å². The van der Waals surface area contributed by atoms with Gasteiger partial charge in [0, 0.05) is 6.54 Å². The highest BCUT2D eigenvalue weighted by molar-refractivity contribution is 7.08. The number of amides is 1. The predicted molar refractivity (Wildman–Crippen MR) is 74.9 cm³/mol. The van der Waals surface area contributed by atoms with E-state index in [1.807, 2.05) is 20.8 Å². The minimum absolute atomic E-state index is 0.0937. The number of carboxylic acid groups (broad SMARTS) is 1. The van der Waals surface area contributed by atoms with Crippen LogP contribution in [0.3, 0.4) is 0 Å². The van der Waals surface area contributed by atoms with E-state index in [1.54, 1.807) is 0 Å². The molecule has 0 spiro atoms. The average Bonchev–Trinajstić information content (AvgIpc) is 3.04. The zero-order chi connectivity index (χ0) is 14.9. The van der Waals surface area contributed by atoms with E-state index in [-0.39, 0.29) is 11.8 Å². The zero-order valence-corrected chi connectivity index (χ0v) is 12.7. The number of hydrogen-bond donors (Lipinski definition) is 1. The molecular weight excluding hydrogens is 278 g/mol. The highest BCUT2D eigenvalue weighted by Crippen LogP contribution is 2.35. The lowest BCUT2D eigenvalue weighted by Gasteiger charge is -2.33. The van der Waals surface area contributed by atoms with Crippen molar-refractivity contribution >= 4 is 23.4 Å². The van der Waals surface area contributed by atoms with Gasteiger partial charge in [-0.05, 0) is 36.7 Å². The van der Waals surface area contributed by atoms with Gasteiger partial charge in [0.25, 0.3) is 5.91 Å². The Labute approximate surface area is 122 Å². The van der Waals surface area contributed by atoms with E-state index in [1.165, 1.54) is 4.90 Å². The van der Waals surface area contributed by atoms with Crippen LogP contribution in [0.5, 0.6) is 0 Å². The van der Waals surface area contributed by atoms with E-state index in [4.69, 9.17) is 0 Å². The maximum atomic E-state index is 12.7. The van der Waals surface area contributed by atoms with Gasteiger partial charge in [0.15, 0.2) is 0 Å². The fraction of sp³-hybridized carbons (Fsp3) is 0.692. The van der Waals surface area contributed by atoms with E-state index >= 15 is 0 Å². The minimum Gasteiger partial charge on any atom is -0.479 e. The minimum atomic E-state index is -1.07. The Morgan fingerprint density at radius 1 is 1.50 bits per heavy atom. The lowest BCUT2D eigenvalue weighted by Crippen LogP contribution is -2.52. The van der Waals surface area contributed by atoms with Crippen molar-refractivity contribution in [3.8, 4) is 0 Å². The molecule has 20 heavy (non-hydrogen) atoms. The Hall–Kier alpha value is -1.50. The number of carbonyl (C=O) groups excluding carboxylic acids is 1. The highest BCUT2D eigenvalue weighted by Gasteiger charge is 2.49. The third-order valence-corrected chi connectivity index (χ3v) is 4.70. The van der Waals surface area contributed by atoms with Crippen LogP contribution in [0.25, 0.3) is 0 Å². The van der Waals surface area contributed by atoms with Crippen molar-refractivity contribution in [1.82, 2.24) is 14.5 Å². The molecule has 1 aromatic heterocycles. The second-order valence-corrected chi connectivity index (χ2v) is 6.15. The number of carbonyl (C=O) groups is 2. The predicted octanol–water partition coefficient (Wildman–Crippen LogP) is 2.13. The highest BCUT2D eigenvalue weighted by atomic mass is 32.1. The Kier molecular flexibility index (Phi) is 4.08. The van der Waals surface area contributed by atoms with Crippen molar-refractivity contribution in [2.45, 2.75) is 51.5 Å². The van der Waals surface area contributed by atoms with Crippen molar-refractivity contribution in [2.75, 3.05) is 6.54 Å². The van der Waals surface area contributed by atoms with Crippen LogP contribution in [0, 0.1) is 0 Å². The summed E-state index contributed by atoms with van der Waals surface area (Å²) in [7, 11) is 0. The van der Waals surface area contributed by atoms with Crippen LogP contribution in [0.2, 0.25) is 0 Å². The lowest BCUT2D eigenvalue weighted by atomic mass is 9.92. The van der Waals surface area contributed by atoms with Gasteiger partial charge >= 0.3 is 5.97 Å². The maximum Gasteiger partial charge on any atom is 0.329 e. The molecule has 1 N–H and O–H groups in total. The molecule has 1 amide bonds. The summed E-state index contributed by atoms with van der Waals surface area (Å²) in [5, 5.41) is 13.5. The number of likely N-dealkylation sites (tertiary alicyclic amines) is 1. The molecule has 0 aliphatic carbocycles. The summed E-state index contributed by atoms with van der Waals surface area (Å²) in [5.41, 5.74) is -0.419. The third kappa shape index (κ3) is 2.19. The normalized spacial score (nSPS) is 22.5. The number of nitrogens with zero attached hydrogens (tertiary/aromatic N) is 3. The van der Waals surface area contributed by atoms with Crippen molar-refractivity contribution in [3.63, 3.8) is 0 Å². The largest absolute Gasteiger partial charge is 0.479 e. The molecule has 0 aromatic carbocycles. The van der Waals surface area contributed by atoms with Crippen molar-refractivity contribution in [1.29, 1.82) is 0 Å². The van der Waals surface area contributed by atoms with E-state index < -0.39 is 11.5 Å². The molecule has 0 bridgehead atoms. The van der Waals surface area contributed by atoms with Gasteiger partial charge in [-0.25, -0.2) is 4.79 Å². The molecule has 0 saturated carbocycles. The van der Waals surface area contributed by atoms with Gasteiger partial charge in [-0.15, -0.1) is 5.10 Å². The summed E-state index contributed by atoms with van der Waals surface area (Å²) < 4.78 is 3.85. The number of rotatable bonds is 4. The van der Waals surface area contributed by atoms with Gasteiger partial charge in [0.2, 0.25) is 0 Å². The summed E-state index contributed by atoms with van der Waals surface area (Å²) in [6.45, 7) is 6.19. The van der Waals surface area contributed by atoms with Crippen LogP contribution >= 0.6 is 11.5 Å². The SMILES string of the molecule is CCC1(C(=O)O)CCCN1C(=O)c1snnc1C(C)C. The van der Waals surface area contributed by atoms with E-state index in [9.17, 15) is 14.7 Å². The molecule has 1 aliphatic rings. The molecule has 0 radical (unpaired) electrons. The summed E-state index contributed by atoms with van der Waals surface area (Å²) in [6.07, 6.45) is 1.64. The Bertz CT molecular complexity index is 529. The molecule has 1 unspecified atom stereocenters. The molecule has 1 saturated heterocycles. The zero-order valence-electron chi connectivity index (χ0n) is 11.9. The number of aliphatic carboxylic acids is 1. The summed E-state index contributed by atoms with van der Waals surface area (Å²) >= 11 is 1.05. The number of aromatic nitrogens is 2. The van der Waals surface area contributed by atoms with Crippen LogP contribution in [0.4, 0.5) is 0 Å². The van der Waals surface area contributed by atoms with Gasteiger partial charge in [-0.2, -0.15) is 0 Å². The molecule has 1 aromatic rings.